The number of phenolic OH excluding ortho intramolecular Hbond substituents is 2. The number of Topliss-reactive ketones (excluding diaryl/α,β-unsaturated/α-hetero) is 1. The van der Waals surface area contributed by atoms with Crippen LogP contribution in [0.2, 0.25) is 0 Å². The van der Waals surface area contributed by atoms with Crippen molar-refractivity contribution in [1.82, 2.24) is 0 Å². The molecule has 0 aliphatic rings. The lowest BCUT2D eigenvalue weighted by Gasteiger charge is -2.07. The van der Waals surface area contributed by atoms with Gasteiger partial charge >= 0.3 is 5.97 Å². The Kier molecular flexibility index (Phi) is 4.36. The van der Waals surface area contributed by atoms with E-state index in [4.69, 9.17) is 5.11 Å². The molecule has 2 aromatic carbocycles. The number of carbonyl (C=O) groups excluding carboxylic acids is 2. The van der Waals surface area contributed by atoms with Crippen molar-refractivity contribution in [3.05, 3.63) is 59.2 Å². The Hall–Kier alpha value is -2.96. The fraction of sp³-hybridized carbons (Fsp3) is 0.0667. The van der Waals surface area contributed by atoms with Crippen molar-refractivity contribution in [2.24, 2.45) is 0 Å². The molecule has 0 heterocycles. The normalized spacial score (nSPS) is 10.3. The first-order valence-electron chi connectivity index (χ1n) is 6.06. The van der Waals surface area contributed by atoms with Gasteiger partial charge in [0.05, 0.1) is 5.56 Å². The zero-order chi connectivity index (χ0) is 16.3. The van der Waals surface area contributed by atoms with Crippen molar-refractivity contribution < 1.29 is 33.3 Å². The average molecular weight is 308 g/mol. The van der Waals surface area contributed by atoms with Gasteiger partial charge in [-0.2, -0.15) is 0 Å². The summed E-state index contributed by atoms with van der Waals surface area (Å²) in [6.07, 6.45) is 0. The van der Waals surface area contributed by atoms with Crippen LogP contribution in [0.15, 0.2) is 36.4 Å². The maximum absolute atomic E-state index is 13.4. The van der Waals surface area contributed by atoms with Gasteiger partial charge in [0.25, 0.3) is 0 Å². The fourth-order valence-electron chi connectivity index (χ4n) is 1.69. The maximum atomic E-state index is 13.4. The van der Waals surface area contributed by atoms with E-state index >= 15 is 0 Å². The third kappa shape index (κ3) is 3.38. The SMILES string of the molecule is O=C(OCC(=O)c1ccc(F)cc1F)c1ccc(O)cc1O. The van der Waals surface area contributed by atoms with Crippen molar-refractivity contribution in [2.75, 3.05) is 6.61 Å². The average Bonchev–Trinajstić information content (AvgIpc) is 2.44. The predicted molar refractivity (Wildman–Crippen MR) is 70.7 cm³/mol. The molecule has 5 nitrogen and oxygen atoms in total. The van der Waals surface area contributed by atoms with Gasteiger partial charge in [-0.25, -0.2) is 13.6 Å². The minimum atomic E-state index is -1.06. The zero-order valence-corrected chi connectivity index (χ0v) is 11.0. The van der Waals surface area contributed by atoms with Gasteiger partial charge in [-0.3, -0.25) is 4.79 Å². The molecule has 22 heavy (non-hydrogen) atoms. The number of ether oxygens (including phenoxy) is 1. The molecule has 7 heteroatoms. The highest BCUT2D eigenvalue weighted by molar-refractivity contribution is 6.00. The second-order valence-corrected chi connectivity index (χ2v) is 4.32. The van der Waals surface area contributed by atoms with Crippen LogP contribution in [0.5, 0.6) is 11.5 Å². The Labute approximate surface area is 123 Å². The fourth-order valence-corrected chi connectivity index (χ4v) is 1.69. The van der Waals surface area contributed by atoms with Crippen LogP contribution in [0.25, 0.3) is 0 Å². The molecule has 0 saturated carbocycles. The molecule has 0 unspecified atom stereocenters. The summed E-state index contributed by atoms with van der Waals surface area (Å²) in [5.41, 5.74) is -0.672. The van der Waals surface area contributed by atoms with Gasteiger partial charge in [0, 0.05) is 12.1 Å². The summed E-state index contributed by atoms with van der Waals surface area (Å²) in [5.74, 6) is -4.55. The van der Waals surface area contributed by atoms with Gasteiger partial charge in [0.15, 0.2) is 6.61 Å². The van der Waals surface area contributed by atoms with Crippen LogP contribution in [0, 0.1) is 11.6 Å². The molecule has 0 atom stereocenters. The van der Waals surface area contributed by atoms with Crippen LogP contribution in [0.4, 0.5) is 8.78 Å². The summed E-state index contributed by atoms with van der Waals surface area (Å²) in [7, 11) is 0. The number of aromatic hydroxyl groups is 2. The lowest BCUT2D eigenvalue weighted by Crippen LogP contribution is -2.15. The number of phenols is 2. The lowest BCUT2D eigenvalue weighted by atomic mass is 10.1. The minimum Gasteiger partial charge on any atom is -0.508 e. The first kappa shape index (κ1) is 15.4. The van der Waals surface area contributed by atoms with Gasteiger partial charge in [-0.05, 0) is 24.3 Å². The van der Waals surface area contributed by atoms with Gasteiger partial charge in [-0.1, -0.05) is 0 Å². The molecule has 0 aliphatic heterocycles. The van der Waals surface area contributed by atoms with E-state index in [0.29, 0.717) is 6.07 Å². The molecule has 0 saturated heterocycles. The van der Waals surface area contributed by atoms with E-state index in [1.807, 2.05) is 0 Å². The van der Waals surface area contributed by atoms with Crippen molar-refractivity contribution in [3.63, 3.8) is 0 Å². The van der Waals surface area contributed by atoms with E-state index in [1.54, 1.807) is 0 Å². The summed E-state index contributed by atoms with van der Waals surface area (Å²) < 4.78 is 30.8. The van der Waals surface area contributed by atoms with Crippen LogP contribution in [-0.4, -0.2) is 28.6 Å². The number of ketones is 1. The van der Waals surface area contributed by atoms with E-state index < -0.39 is 41.3 Å². The standard InChI is InChI=1S/C15H10F2O5/c16-8-1-3-10(12(17)5-8)14(20)7-22-15(21)11-4-2-9(18)6-13(11)19/h1-6,18-19H,7H2. The quantitative estimate of drug-likeness (QED) is 0.669. The number of rotatable bonds is 4. The Bertz CT molecular complexity index is 679. The number of carbonyl (C=O) groups is 2. The maximum Gasteiger partial charge on any atom is 0.342 e. The molecule has 0 aliphatic carbocycles. The van der Waals surface area contributed by atoms with Crippen molar-refractivity contribution >= 4 is 11.8 Å². The van der Waals surface area contributed by atoms with Crippen LogP contribution < -0.4 is 0 Å². The lowest BCUT2D eigenvalue weighted by molar-refractivity contribution is 0.0470. The molecule has 0 fully saturated rings. The van der Waals surface area contributed by atoms with E-state index in [2.05, 4.69) is 4.74 Å². The molecule has 2 aromatic rings. The van der Waals surface area contributed by atoms with E-state index in [-0.39, 0.29) is 11.3 Å². The van der Waals surface area contributed by atoms with Crippen molar-refractivity contribution in [3.8, 4) is 11.5 Å². The van der Waals surface area contributed by atoms with Crippen LogP contribution in [0.3, 0.4) is 0 Å². The second-order valence-electron chi connectivity index (χ2n) is 4.32. The monoisotopic (exact) mass is 308 g/mol. The third-order valence-electron chi connectivity index (χ3n) is 2.77. The van der Waals surface area contributed by atoms with Crippen LogP contribution in [0.1, 0.15) is 20.7 Å². The first-order valence-corrected chi connectivity index (χ1v) is 6.06. The molecule has 0 spiro atoms. The molecule has 0 bridgehead atoms. The number of hydrogen-bond acceptors (Lipinski definition) is 5. The molecule has 0 amide bonds. The van der Waals surface area contributed by atoms with Gasteiger partial charge in [-0.15, -0.1) is 0 Å². The molecule has 2 N–H and O–H groups in total. The highest BCUT2D eigenvalue weighted by atomic mass is 19.1. The van der Waals surface area contributed by atoms with Crippen molar-refractivity contribution in [1.29, 1.82) is 0 Å². The number of halogens is 2. The predicted octanol–water partition coefficient (Wildman–Crippen LogP) is 2.42. The summed E-state index contributed by atoms with van der Waals surface area (Å²) in [6, 6.07) is 5.58. The molecular formula is C15H10F2O5. The topological polar surface area (TPSA) is 83.8 Å². The molecule has 0 radical (unpaired) electrons. The van der Waals surface area contributed by atoms with Crippen LogP contribution >= 0.6 is 0 Å². The van der Waals surface area contributed by atoms with E-state index in [1.165, 1.54) is 0 Å². The summed E-state index contributed by atoms with van der Waals surface area (Å²) >= 11 is 0. The zero-order valence-electron chi connectivity index (χ0n) is 11.0. The highest BCUT2D eigenvalue weighted by Crippen LogP contribution is 2.23. The van der Waals surface area contributed by atoms with Gasteiger partial charge in [0.1, 0.15) is 28.7 Å². The number of benzene rings is 2. The van der Waals surface area contributed by atoms with Crippen molar-refractivity contribution in [2.45, 2.75) is 0 Å². The molecule has 114 valence electrons. The molecule has 0 aromatic heterocycles. The van der Waals surface area contributed by atoms with E-state index in [9.17, 15) is 23.5 Å². The Balaban J connectivity index is 2.06. The third-order valence-corrected chi connectivity index (χ3v) is 2.77. The smallest absolute Gasteiger partial charge is 0.342 e. The minimum absolute atomic E-state index is 0.251. The van der Waals surface area contributed by atoms with Gasteiger partial charge < -0.3 is 14.9 Å². The highest BCUT2D eigenvalue weighted by Gasteiger charge is 2.17. The Morgan fingerprint density at radius 2 is 1.68 bits per heavy atom. The summed E-state index contributed by atoms with van der Waals surface area (Å²) in [4.78, 5) is 23.4. The second kappa shape index (κ2) is 6.21. The van der Waals surface area contributed by atoms with E-state index in [0.717, 1.165) is 30.3 Å². The summed E-state index contributed by atoms with van der Waals surface area (Å²) in [6.45, 7) is -0.776. The molecular weight excluding hydrogens is 298 g/mol. The number of esters is 1. The first-order chi connectivity index (χ1) is 10.4. The Morgan fingerprint density at radius 1 is 1.00 bits per heavy atom. The summed E-state index contributed by atoms with van der Waals surface area (Å²) in [5, 5.41) is 18.6. The number of hydrogen-bond donors (Lipinski definition) is 2. The largest absolute Gasteiger partial charge is 0.508 e. The molecule has 2 rings (SSSR count). The Morgan fingerprint density at radius 3 is 2.32 bits per heavy atom. The van der Waals surface area contributed by atoms with Crippen LogP contribution in [-0.2, 0) is 4.74 Å². The van der Waals surface area contributed by atoms with Gasteiger partial charge in [0.2, 0.25) is 5.78 Å².